The molecule has 5 heteroatoms. The maximum Gasteiger partial charge on any atom is 0.165 e. The van der Waals surface area contributed by atoms with Crippen LogP contribution < -0.4 is 10.1 Å². The van der Waals surface area contributed by atoms with Gasteiger partial charge in [0.15, 0.2) is 11.6 Å². The fourth-order valence-corrected chi connectivity index (χ4v) is 2.01. The van der Waals surface area contributed by atoms with Crippen molar-refractivity contribution in [3.05, 3.63) is 58.6 Å². The lowest BCUT2D eigenvalue weighted by molar-refractivity contribution is 0.285. The van der Waals surface area contributed by atoms with E-state index in [1.807, 2.05) is 19.9 Å². The summed E-state index contributed by atoms with van der Waals surface area (Å²) in [6.45, 7) is 4.83. The third-order valence-electron chi connectivity index (χ3n) is 2.98. The molecular weight excluding hydrogens is 291 g/mol. The normalized spacial score (nSPS) is 10.9. The quantitative estimate of drug-likeness (QED) is 0.877. The van der Waals surface area contributed by atoms with Gasteiger partial charge in [0.2, 0.25) is 0 Å². The van der Waals surface area contributed by atoms with Crippen LogP contribution in [-0.2, 0) is 13.2 Å². The highest BCUT2D eigenvalue weighted by molar-refractivity contribution is 6.31. The Morgan fingerprint density at radius 1 is 1.29 bits per heavy atom. The maximum atomic E-state index is 14.0. The first-order valence-electron chi connectivity index (χ1n) is 6.80. The molecule has 0 aliphatic heterocycles. The van der Waals surface area contributed by atoms with E-state index in [2.05, 4.69) is 10.3 Å². The van der Waals surface area contributed by atoms with Crippen molar-refractivity contribution in [3.8, 4) is 5.75 Å². The molecule has 1 N–H and O–H groups in total. The summed E-state index contributed by atoms with van der Waals surface area (Å²) in [5.41, 5.74) is 1.56. The van der Waals surface area contributed by atoms with Gasteiger partial charge in [0.25, 0.3) is 0 Å². The fraction of sp³-hybridized carbons (Fsp3) is 0.312. The minimum atomic E-state index is -0.372. The summed E-state index contributed by atoms with van der Waals surface area (Å²) in [7, 11) is 0. The lowest BCUT2D eigenvalue weighted by Crippen LogP contribution is -2.22. The van der Waals surface area contributed by atoms with Crippen molar-refractivity contribution in [3.63, 3.8) is 0 Å². The van der Waals surface area contributed by atoms with Gasteiger partial charge in [-0.3, -0.25) is 4.98 Å². The molecule has 0 atom stereocenters. The molecule has 0 unspecified atom stereocenters. The second-order valence-corrected chi connectivity index (χ2v) is 5.43. The third kappa shape index (κ3) is 4.41. The minimum absolute atomic E-state index is 0.205. The van der Waals surface area contributed by atoms with Gasteiger partial charge in [0, 0.05) is 36.1 Å². The fourth-order valence-electron chi connectivity index (χ4n) is 1.84. The molecule has 0 bridgehead atoms. The first kappa shape index (κ1) is 15.7. The number of aromatic nitrogens is 1. The van der Waals surface area contributed by atoms with Crippen molar-refractivity contribution >= 4 is 11.6 Å². The van der Waals surface area contributed by atoms with Gasteiger partial charge in [-0.1, -0.05) is 37.6 Å². The van der Waals surface area contributed by atoms with Gasteiger partial charge in [0.05, 0.1) is 5.02 Å². The van der Waals surface area contributed by atoms with E-state index in [1.54, 1.807) is 24.5 Å². The Morgan fingerprint density at radius 2 is 2.10 bits per heavy atom. The number of rotatable bonds is 6. The van der Waals surface area contributed by atoms with Crippen LogP contribution in [0.1, 0.15) is 25.0 Å². The third-order valence-corrected chi connectivity index (χ3v) is 3.32. The van der Waals surface area contributed by atoms with E-state index in [1.165, 1.54) is 6.07 Å². The molecule has 3 nitrogen and oxygen atoms in total. The van der Waals surface area contributed by atoms with Gasteiger partial charge in [0.1, 0.15) is 6.61 Å². The summed E-state index contributed by atoms with van der Waals surface area (Å²) in [5, 5.41) is 3.77. The maximum absolute atomic E-state index is 14.0. The Bertz CT molecular complexity index is 605. The molecule has 1 aromatic heterocycles. The Kier molecular flexibility index (Phi) is 5.53. The Hall–Kier alpha value is -1.65. The number of nitrogens with zero attached hydrogens (tertiary/aromatic N) is 1. The molecule has 0 radical (unpaired) electrons. The SMILES string of the molecule is CC(C)NCc1cccc(F)c1OCc1ccncc1Cl. The first-order valence-corrected chi connectivity index (χ1v) is 7.17. The topological polar surface area (TPSA) is 34.1 Å². The summed E-state index contributed by atoms with van der Waals surface area (Å²) in [6.07, 6.45) is 3.18. The molecule has 21 heavy (non-hydrogen) atoms. The largest absolute Gasteiger partial charge is 0.485 e. The molecule has 2 rings (SSSR count). The summed E-state index contributed by atoms with van der Waals surface area (Å²) >= 11 is 6.02. The number of benzene rings is 1. The van der Waals surface area contributed by atoms with Gasteiger partial charge in [-0.25, -0.2) is 4.39 Å². The molecule has 0 saturated heterocycles. The van der Waals surface area contributed by atoms with E-state index in [-0.39, 0.29) is 18.2 Å². The van der Waals surface area contributed by atoms with E-state index in [0.717, 1.165) is 11.1 Å². The Morgan fingerprint density at radius 3 is 2.81 bits per heavy atom. The molecule has 2 aromatic rings. The molecule has 0 amide bonds. The van der Waals surface area contributed by atoms with Crippen molar-refractivity contribution in [2.24, 2.45) is 0 Å². The van der Waals surface area contributed by atoms with Gasteiger partial charge in [-0.15, -0.1) is 0 Å². The highest BCUT2D eigenvalue weighted by Gasteiger charge is 2.11. The van der Waals surface area contributed by atoms with Crippen molar-refractivity contribution < 1.29 is 9.13 Å². The molecule has 0 fully saturated rings. The van der Waals surface area contributed by atoms with Crippen LogP contribution in [0.15, 0.2) is 36.7 Å². The summed E-state index contributed by atoms with van der Waals surface area (Å²) in [6, 6.07) is 6.99. The lowest BCUT2D eigenvalue weighted by Gasteiger charge is -2.15. The van der Waals surface area contributed by atoms with Crippen LogP contribution in [0.3, 0.4) is 0 Å². The van der Waals surface area contributed by atoms with Gasteiger partial charge >= 0.3 is 0 Å². The van der Waals surface area contributed by atoms with Crippen LogP contribution >= 0.6 is 11.6 Å². The molecule has 0 saturated carbocycles. The molecule has 1 aromatic carbocycles. The summed E-state index contributed by atoms with van der Waals surface area (Å²) < 4.78 is 19.6. The van der Waals surface area contributed by atoms with Crippen molar-refractivity contribution in [1.82, 2.24) is 10.3 Å². The summed E-state index contributed by atoms with van der Waals surface area (Å²) in [5.74, 6) is -0.109. The monoisotopic (exact) mass is 308 g/mol. The van der Waals surface area contributed by atoms with Crippen LogP contribution in [0, 0.1) is 5.82 Å². The van der Waals surface area contributed by atoms with Crippen LogP contribution in [0.5, 0.6) is 5.75 Å². The second kappa shape index (κ2) is 7.38. The molecule has 1 heterocycles. The van der Waals surface area contributed by atoms with E-state index >= 15 is 0 Å². The number of hydrogen-bond donors (Lipinski definition) is 1. The summed E-state index contributed by atoms with van der Waals surface area (Å²) in [4.78, 5) is 3.91. The van der Waals surface area contributed by atoms with Gasteiger partial charge in [-0.2, -0.15) is 0 Å². The number of nitrogens with one attached hydrogen (secondary N) is 1. The zero-order chi connectivity index (χ0) is 15.2. The Labute approximate surface area is 129 Å². The number of halogens is 2. The van der Waals surface area contributed by atoms with E-state index in [0.29, 0.717) is 17.6 Å². The van der Waals surface area contributed by atoms with Crippen molar-refractivity contribution in [2.45, 2.75) is 33.0 Å². The second-order valence-electron chi connectivity index (χ2n) is 5.02. The van der Waals surface area contributed by atoms with Crippen molar-refractivity contribution in [2.75, 3.05) is 0 Å². The zero-order valence-corrected chi connectivity index (χ0v) is 12.8. The van der Waals surface area contributed by atoms with Crippen molar-refractivity contribution in [1.29, 1.82) is 0 Å². The van der Waals surface area contributed by atoms with Gasteiger partial charge in [-0.05, 0) is 12.1 Å². The molecule has 112 valence electrons. The number of ether oxygens (including phenoxy) is 1. The highest BCUT2D eigenvalue weighted by Crippen LogP contribution is 2.25. The number of pyridine rings is 1. The average Bonchev–Trinajstić information content (AvgIpc) is 2.45. The number of hydrogen-bond acceptors (Lipinski definition) is 3. The average molecular weight is 309 g/mol. The first-order chi connectivity index (χ1) is 10.1. The smallest absolute Gasteiger partial charge is 0.165 e. The zero-order valence-electron chi connectivity index (χ0n) is 12.1. The van der Waals surface area contributed by atoms with E-state index in [4.69, 9.17) is 16.3 Å². The standard InChI is InChI=1S/C16H18ClFN2O/c1-11(2)20-8-12-4-3-5-15(18)16(12)21-10-13-6-7-19-9-14(13)17/h3-7,9,11,20H,8,10H2,1-2H3. The van der Waals surface area contributed by atoms with Crippen LogP contribution in [-0.4, -0.2) is 11.0 Å². The minimum Gasteiger partial charge on any atom is -0.485 e. The van der Waals surface area contributed by atoms with Crippen LogP contribution in [0.25, 0.3) is 0 Å². The number of para-hydroxylation sites is 1. The molecule has 0 spiro atoms. The molecule has 0 aliphatic carbocycles. The van der Waals surface area contributed by atoms with Gasteiger partial charge < -0.3 is 10.1 Å². The molecule has 0 aliphatic rings. The van der Waals surface area contributed by atoms with E-state index in [9.17, 15) is 4.39 Å². The molecular formula is C16H18ClFN2O. The lowest BCUT2D eigenvalue weighted by atomic mass is 10.2. The van der Waals surface area contributed by atoms with Crippen LogP contribution in [0.2, 0.25) is 5.02 Å². The predicted octanol–water partition coefficient (Wildman–Crippen LogP) is 3.95. The van der Waals surface area contributed by atoms with Crippen LogP contribution in [0.4, 0.5) is 4.39 Å². The predicted molar refractivity (Wildman–Crippen MR) is 82.0 cm³/mol. The van der Waals surface area contributed by atoms with E-state index < -0.39 is 0 Å². The highest BCUT2D eigenvalue weighted by atomic mass is 35.5. The Balaban J connectivity index is 2.13.